The van der Waals surface area contributed by atoms with Gasteiger partial charge in [0.2, 0.25) is 0 Å². The number of aromatic amines is 1. The molecule has 0 aliphatic rings. The number of carboxylic acids is 1. The highest BCUT2D eigenvalue weighted by Gasteiger charge is 2.16. The molecule has 0 radical (unpaired) electrons. The largest absolute Gasteiger partial charge is 0.480 e. The summed E-state index contributed by atoms with van der Waals surface area (Å²) in [6.45, 7) is 0. The second-order valence-corrected chi connectivity index (χ2v) is 3.74. The lowest BCUT2D eigenvalue weighted by molar-refractivity contribution is -0.139. The number of hydrogen-bond acceptors (Lipinski definition) is 2. The first-order valence-corrected chi connectivity index (χ1v) is 5.17. The van der Waals surface area contributed by atoms with Crippen molar-refractivity contribution >= 4 is 16.9 Å². The van der Waals surface area contributed by atoms with Crippen molar-refractivity contribution in [1.29, 1.82) is 0 Å². The first-order valence-electron chi connectivity index (χ1n) is 5.17. The monoisotopic (exact) mass is 234 g/mol. The molecule has 17 heavy (non-hydrogen) atoms. The van der Waals surface area contributed by atoms with E-state index in [0.29, 0.717) is 6.42 Å². The van der Waals surface area contributed by atoms with Crippen molar-refractivity contribution in [3.8, 4) is 0 Å². The minimum absolute atomic E-state index is 0. The molecule has 0 aliphatic carbocycles. The van der Waals surface area contributed by atoms with Crippen LogP contribution >= 0.6 is 0 Å². The Morgan fingerprint density at radius 3 is 2.82 bits per heavy atom. The zero-order valence-electron chi connectivity index (χ0n) is 9.03. The number of hydrogen-bond donors (Lipinski definition) is 3. The van der Waals surface area contributed by atoms with Crippen molar-refractivity contribution in [1.82, 2.24) is 10.3 Å². The quantitative estimate of drug-likeness (QED) is 0.758. The Hall–Kier alpha value is -1.81. The molecule has 0 unspecified atom stereocenters. The molecule has 1 aromatic heterocycles. The lowest BCUT2D eigenvalue weighted by Gasteiger charge is -2.09. The molecule has 0 fully saturated rings. The number of carbonyl (C=O) groups is 1. The van der Waals surface area contributed by atoms with Crippen LogP contribution in [0.3, 0.4) is 0 Å². The fourth-order valence-corrected chi connectivity index (χ4v) is 1.83. The Bertz CT molecular complexity index is 505. The van der Waals surface area contributed by atoms with Crippen LogP contribution in [-0.4, -0.2) is 29.1 Å². The normalized spacial score (nSPS) is 12.1. The van der Waals surface area contributed by atoms with Gasteiger partial charge in [0.1, 0.15) is 6.04 Å². The molecule has 3 N–H and O–H groups in total. The molecular formula is C13H18N2O2. The lowest BCUT2D eigenvalue weighted by atomic mass is 10.1. The van der Waals surface area contributed by atoms with Gasteiger partial charge in [-0.15, -0.1) is 0 Å². The summed E-state index contributed by atoms with van der Waals surface area (Å²) in [6, 6.07) is 7.34. The van der Waals surface area contributed by atoms with Gasteiger partial charge in [0, 0.05) is 23.5 Å². The van der Waals surface area contributed by atoms with Crippen LogP contribution in [0.1, 0.15) is 13.0 Å². The van der Waals surface area contributed by atoms with E-state index in [2.05, 4.69) is 10.3 Å². The van der Waals surface area contributed by atoms with Crippen molar-refractivity contribution < 1.29 is 9.90 Å². The molecule has 0 aliphatic heterocycles. The third-order valence-corrected chi connectivity index (χ3v) is 2.75. The van der Waals surface area contributed by atoms with Crippen LogP contribution in [0.5, 0.6) is 0 Å². The highest BCUT2D eigenvalue weighted by atomic mass is 16.4. The van der Waals surface area contributed by atoms with Crippen molar-refractivity contribution in [2.75, 3.05) is 7.05 Å². The highest BCUT2D eigenvalue weighted by Crippen LogP contribution is 2.18. The molecule has 0 saturated carbocycles. The fourth-order valence-electron chi connectivity index (χ4n) is 1.83. The van der Waals surface area contributed by atoms with Gasteiger partial charge < -0.3 is 15.4 Å². The van der Waals surface area contributed by atoms with E-state index in [4.69, 9.17) is 5.11 Å². The second kappa shape index (κ2) is 5.50. The van der Waals surface area contributed by atoms with Crippen LogP contribution in [0.4, 0.5) is 0 Å². The summed E-state index contributed by atoms with van der Waals surface area (Å²) < 4.78 is 0. The lowest BCUT2D eigenvalue weighted by Crippen LogP contribution is -2.35. The molecule has 0 amide bonds. The number of nitrogens with one attached hydrogen (secondary N) is 2. The summed E-state index contributed by atoms with van der Waals surface area (Å²) in [5, 5.41) is 12.8. The maximum atomic E-state index is 10.9. The van der Waals surface area contributed by atoms with Crippen LogP contribution in [0.15, 0.2) is 30.5 Å². The van der Waals surface area contributed by atoms with E-state index in [-0.39, 0.29) is 7.43 Å². The molecule has 0 spiro atoms. The minimum Gasteiger partial charge on any atom is -0.480 e. The third-order valence-electron chi connectivity index (χ3n) is 2.75. The molecular weight excluding hydrogens is 216 g/mol. The predicted molar refractivity (Wildman–Crippen MR) is 69.2 cm³/mol. The molecule has 1 atom stereocenters. The van der Waals surface area contributed by atoms with E-state index in [9.17, 15) is 4.79 Å². The van der Waals surface area contributed by atoms with Gasteiger partial charge in [-0.25, -0.2) is 0 Å². The molecule has 2 rings (SSSR count). The van der Waals surface area contributed by atoms with Crippen LogP contribution in [0, 0.1) is 0 Å². The van der Waals surface area contributed by atoms with Gasteiger partial charge in [0.15, 0.2) is 0 Å². The number of rotatable bonds is 4. The minimum atomic E-state index is -0.826. The van der Waals surface area contributed by atoms with Crippen LogP contribution < -0.4 is 5.32 Å². The maximum Gasteiger partial charge on any atom is 0.321 e. The number of aliphatic carboxylic acids is 1. The number of benzene rings is 1. The van der Waals surface area contributed by atoms with Crippen molar-refractivity contribution in [3.63, 3.8) is 0 Å². The van der Waals surface area contributed by atoms with Gasteiger partial charge in [-0.3, -0.25) is 4.79 Å². The summed E-state index contributed by atoms with van der Waals surface area (Å²) >= 11 is 0. The average molecular weight is 234 g/mol. The number of H-pyrrole nitrogens is 1. The molecule has 4 nitrogen and oxygen atoms in total. The van der Waals surface area contributed by atoms with E-state index < -0.39 is 12.0 Å². The van der Waals surface area contributed by atoms with Gasteiger partial charge in [0.25, 0.3) is 0 Å². The number of para-hydroxylation sites is 1. The van der Waals surface area contributed by atoms with Crippen molar-refractivity contribution in [2.24, 2.45) is 0 Å². The zero-order chi connectivity index (χ0) is 11.5. The fraction of sp³-hybridized carbons (Fsp3) is 0.308. The SMILES string of the molecule is C.CN[C@H](Cc1c[nH]c2ccccc12)C(=O)O. The van der Waals surface area contributed by atoms with E-state index >= 15 is 0 Å². The first-order chi connectivity index (χ1) is 7.72. The Labute approximate surface area is 101 Å². The van der Waals surface area contributed by atoms with Gasteiger partial charge in [0.05, 0.1) is 0 Å². The van der Waals surface area contributed by atoms with Crippen LogP contribution in [-0.2, 0) is 11.2 Å². The summed E-state index contributed by atoms with van der Waals surface area (Å²) in [6.07, 6.45) is 2.35. The van der Waals surface area contributed by atoms with Crippen molar-refractivity contribution in [3.05, 3.63) is 36.0 Å². The number of likely N-dealkylation sites (N-methyl/N-ethyl adjacent to an activating group) is 1. The third kappa shape index (κ3) is 2.65. The Balaban J connectivity index is 0.00000144. The van der Waals surface area contributed by atoms with Crippen LogP contribution in [0.2, 0.25) is 0 Å². The van der Waals surface area contributed by atoms with E-state index in [0.717, 1.165) is 16.5 Å². The van der Waals surface area contributed by atoms with E-state index in [1.54, 1.807) is 7.05 Å². The standard InChI is InChI=1S/C12H14N2O2.CH4/c1-13-11(12(15)16)6-8-7-14-10-5-3-2-4-9(8)10;/h2-5,7,11,13-14H,6H2,1H3,(H,15,16);1H4/t11-;/m1./s1. The predicted octanol–water partition coefficient (Wildman–Crippen LogP) is 2.02. The Kier molecular flexibility index (Phi) is 4.29. The van der Waals surface area contributed by atoms with E-state index in [1.807, 2.05) is 30.5 Å². The summed E-state index contributed by atoms with van der Waals surface area (Å²) in [5.41, 5.74) is 2.06. The van der Waals surface area contributed by atoms with Crippen molar-refractivity contribution in [2.45, 2.75) is 19.9 Å². The van der Waals surface area contributed by atoms with Gasteiger partial charge in [-0.1, -0.05) is 25.6 Å². The molecule has 0 bridgehead atoms. The molecule has 0 saturated heterocycles. The summed E-state index contributed by atoms with van der Waals surface area (Å²) in [5.74, 6) is -0.826. The van der Waals surface area contributed by atoms with Gasteiger partial charge >= 0.3 is 5.97 Å². The average Bonchev–Trinajstić information content (AvgIpc) is 2.69. The van der Waals surface area contributed by atoms with Crippen LogP contribution in [0.25, 0.3) is 10.9 Å². The molecule has 1 heterocycles. The highest BCUT2D eigenvalue weighted by molar-refractivity contribution is 5.84. The van der Waals surface area contributed by atoms with E-state index in [1.165, 1.54) is 0 Å². The maximum absolute atomic E-state index is 10.9. The van der Waals surface area contributed by atoms with Gasteiger partial charge in [-0.05, 0) is 18.7 Å². The molecule has 4 heteroatoms. The first kappa shape index (κ1) is 13.3. The second-order valence-electron chi connectivity index (χ2n) is 3.74. The molecule has 2 aromatic rings. The number of fused-ring (bicyclic) bond motifs is 1. The number of aromatic nitrogens is 1. The summed E-state index contributed by atoms with van der Waals surface area (Å²) in [7, 11) is 1.66. The smallest absolute Gasteiger partial charge is 0.321 e. The Morgan fingerprint density at radius 2 is 2.18 bits per heavy atom. The number of carboxylic acid groups (broad SMARTS) is 1. The molecule has 92 valence electrons. The van der Waals surface area contributed by atoms with Gasteiger partial charge in [-0.2, -0.15) is 0 Å². The summed E-state index contributed by atoms with van der Waals surface area (Å²) in [4.78, 5) is 14.1. The Morgan fingerprint density at radius 1 is 1.47 bits per heavy atom. The zero-order valence-corrected chi connectivity index (χ0v) is 9.03. The molecule has 1 aromatic carbocycles. The topological polar surface area (TPSA) is 65.1 Å².